The number of nitrogens with one attached hydrogen (secondary N) is 1. The molecule has 2 bridgehead atoms. The summed E-state index contributed by atoms with van der Waals surface area (Å²) in [7, 11) is 3.78. The Kier molecular flexibility index (Phi) is 6.06. The number of carboxylic acids is 1. The Bertz CT molecular complexity index is 1160. The van der Waals surface area contributed by atoms with Gasteiger partial charge in [0.05, 0.1) is 7.11 Å². The molecule has 36 heavy (non-hydrogen) atoms. The summed E-state index contributed by atoms with van der Waals surface area (Å²) in [5.41, 5.74) is 2.10. The number of carbonyl (C=O) groups excluding carboxylic acids is 2. The van der Waals surface area contributed by atoms with Crippen molar-refractivity contribution in [3.8, 4) is 11.5 Å². The Hall–Kier alpha value is -3.33. The standard InChI is InChI=1S/C27H32N2O7/c1-14(2)23(26(32)33)28-20(30)9-10-21(31)35-19-8-6-16-17-13-15-5-7-18(34-4)24-22(15)27(16,25(19)36-24)11-12-29(17)3/h5-10,14,16-17,19,23,25H,11-13H2,1-4H3,(H,28,30)(H,32,33)/t16?,17-,19+,23?,25+,27+/m1/s1. The van der Waals surface area contributed by atoms with E-state index >= 15 is 0 Å². The highest BCUT2D eigenvalue weighted by atomic mass is 16.6. The fourth-order valence-electron chi connectivity index (χ4n) is 6.50. The van der Waals surface area contributed by atoms with Crippen molar-refractivity contribution >= 4 is 17.8 Å². The van der Waals surface area contributed by atoms with Gasteiger partial charge in [-0.3, -0.25) is 4.79 Å². The number of aliphatic carboxylic acids is 1. The van der Waals surface area contributed by atoms with E-state index in [1.54, 1.807) is 21.0 Å². The van der Waals surface area contributed by atoms with Gasteiger partial charge in [-0.2, -0.15) is 0 Å². The Morgan fingerprint density at radius 2 is 2.03 bits per heavy atom. The van der Waals surface area contributed by atoms with Crippen LogP contribution in [0.15, 0.2) is 36.4 Å². The van der Waals surface area contributed by atoms with E-state index in [0.717, 1.165) is 37.3 Å². The van der Waals surface area contributed by atoms with E-state index in [1.165, 1.54) is 11.1 Å². The van der Waals surface area contributed by atoms with Crippen LogP contribution in [0.4, 0.5) is 0 Å². The maximum atomic E-state index is 12.7. The van der Waals surface area contributed by atoms with Gasteiger partial charge in [0, 0.05) is 35.1 Å². The maximum absolute atomic E-state index is 12.7. The molecule has 1 aromatic carbocycles. The molecule has 1 amide bonds. The van der Waals surface area contributed by atoms with Gasteiger partial charge < -0.3 is 29.5 Å². The van der Waals surface area contributed by atoms with Gasteiger partial charge >= 0.3 is 11.9 Å². The summed E-state index contributed by atoms with van der Waals surface area (Å²) in [6, 6.07) is 3.34. The van der Waals surface area contributed by atoms with Crippen LogP contribution in [0.5, 0.6) is 11.5 Å². The third-order valence-corrected chi connectivity index (χ3v) is 8.19. The minimum Gasteiger partial charge on any atom is -0.493 e. The number of benzene rings is 1. The zero-order valence-electron chi connectivity index (χ0n) is 20.9. The number of nitrogens with zero attached hydrogens (tertiary/aromatic N) is 1. The second-order valence-electron chi connectivity index (χ2n) is 10.4. The molecular weight excluding hydrogens is 464 g/mol. The lowest BCUT2D eigenvalue weighted by atomic mass is 9.53. The molecule has 0 aromatic heterocycles. The summed E-state index contributed by atoms with van der Waals surface area (Å²) in [6.45, 7) is 4.29. The maximum Gasteiger partial charge on any atom is 0.331 e. The van der Waals surface area contributed by atoms with E-state index in [0.29, 0.717) is 11.8 Å². The average Bonchev–Trinajstić information content (AvgIpc) is 3.19. The molecule has 1 spiro atoms. The number of amides is 1. The third kappa shape index (κ3) is 3.68. The van der Waals surface area contributed by atoms with Gasteiger partial charge in [-0.1, -0.05) is 26.0 Å². The number of hydrogen-bond acceptors (Lipinski definition) is 7. The average molecular weight is 497 g/mol. The summed E-state index contributed by atoms with van der Waals surface area (Å²) < 4.78 is 18.0. The lowest BCUT2D eigenvalue weighted by molar-refractivity contribution is -0.149. The smallest absolute Gasteiger partial charge is 0.331 e. The second-order valence-corrected chi connectivity index (χ2v) is 10.4. The zero-order valence-corrected chi connectivity index (χ0v) is 20.9. The normalized spacial score (nSPS) is 30.5. The Morgan fingerprint density at radius 3 is 2.72 bits per heavy atom. The van der Waals surface area contributed by atoms with Crippen LogP contribution in [0, 0.1) is 11.8 Å². The largest absolute Gasteiger partial charge is 0.493 e. The lowest BCUT2D eigenvalue weighted by Crippen LogP contribution is -2.65. The van der Waals surface area contributed by atoms with Crippen LogP contribution in [0.2, 0.25) is 0 Å². The lowest BCUT2D eigenvalue weighted by Gasteiger charge is -2.56. The quantitative estimate of drug-likeness (QED) is 0.334. The number of carbonyl (C=O) groups is 3. The van der Waals surface area contributed by atoms with Crippen molar-refractivity contribution in [2.45, 2.75) is 56.4 Å². The SMILES string of the molecule is COc1ccc2c3c1O[C@H]1[C@@H](OC(=O)C=CC(=O)NC(C(=O)O)C(C)C)C=CC4[C@@H](C2)N(C)CC[C@@]341. The van der Waals surface area contributed by atoms with Crippen molar-refractivity contribution in [2.24, 2.45) is 11.8 Å². The predicted molar refractivity (Wildman–Crippen MR) is 130 cm³/mol. The number of piperidine rings is 1. The van der Waals surface area contributed by atoms with E-state index in [2.05, 4.69) is 29.4 Å². The number of hydrogen-bond donors (Lipinski definition) is 2. The van der Waals surface area contributed by atoms with Crippen LogP contribution in [-0.4, -0.2) is 72.8 Å². The van der Waals surface area contributed by atoms with Crippen molar-refractivity contribution in [2.75, 3.05) is 20.7 Å². The van der Waals surface area contributed by atoms with Crippen molar-refractivity contribution < 1.29 is 33.7 Å². The van der Waals surface area contributed by atoms with Crippen LogP contribution in [0.1, 0.15) is 31.4 Å². The molecule has 4 aliphatic rings. The molecule has 1 fully saturated rings. The minimum absolute atomic E-state index is 0.224. The summed E-state index contributed by atoms with van der Waals surface area (Å²) in [6.07, 6.45) is 6.83. The number of ether oxygens (including phenoxy) is 3. The van der Waals surface area contributed by atoms with Crippen LogP contribution < -0.4 is 14.8 Å². The van der Waals surface area contributed by atoms with E-state index in [9.17, 15) is 19.5 Å². The van der Waals surface area contributed by atoms with Crippen LogP contribution in [0.3, 0.4) is 0 Å². The highest BCUT2D eigenvalue weighted by Gasteiger charge is 2.65. The van der Waals surface area contributed by atoms with Crippen LogP contribution in [0.25, 0.3) is 0 Å². The van der Waals surface area contributed by atoms with Crippen LogP contribution in [-0.2, 0) is 31.0 Å². The van der Waals surface area contributed by atoms with E-state index in [-0.39, 0.29) is 17.3 Å². The molecule has 6 atom stereocenters. The molecule has 5 rings (SSSR count). The molecule has 9 nitrogen and oxygen atoms in total. The van der Waals surface area contributed by atoms with E-state index in [4.69, 9.17) is 14.2 Å². The minimum atomic E-state index is -1.13. The van der Waals surface area contributed by atoms with Crippen molar-refractivity contribution in [3.05, 3.63) is 47.6 Å². The molecule has 2 aliphatic carbocycles. The molecule has 1 saturated heterocycles. The number of rotatable bonds is 7. The van der Waals surface area contributed by atoms with Gasteiger partial charge in [-0.15, -0.1) is 0 Å². The Morgan fingerprint density at radius 1 is 1.25 bits per heavy atom. The molecule has 1 aromatic rings. The molecule has 2 heterocycles. The Labute approximate surface area is 210 Å². The molecule has 2 aliphatic heterocycles. The predicted octanol–water partition coefficient (Wildman–Crippen LogP) is 1.83. The molecule has 2 unspecified atom stereocenters. The highest BCUT2D eigenvalue weighted by molar-refractivity contribution is 5.96. The number of likely N-dealkylation sites (N-methyl/N-ethyl adjacent to an activating group) is 1. The summed E-state index contributed by atoms with van der Waals surface area (Å²) in [4.78, 5) is 38.6. The van der Waals surface area contributed by atoms with Gasteiger partial charge in [0.25, 0.3) is 0 Å². The number of esters is 1. The van der Waals surface area contributed by atoms with Gasteiger partial charge in [0.1, 0.15) is 12.1 Å². The zero-order chi connectivity index (χ0) is 25.8. The molecule has 2 N–H and O–H groups in total. The summed E-state index contributed by atoms with van der Waals surface area (Å²) >= 11 is 0. The van der Waals surface area contributed by atoms with E-state index < -0.39 is 36.1 Å². The summed E-state index contributed by atoms with van der Waals surface area (Å²) in [5.74, 6) is -1.17. The first-order valence-corrected chi connectivity index (χ1v) is 12.3. The van der Waals surface area contributed by atoms with Crippen molar-refractivity contribution in [3.63, 3.8) is 0 Å². The third-order valence-electron chi connectivity index (χ3n) is 8.19. The van der Waals surface area contributed by atoms with Gasteiger partial charge in [0.2, 0.25) is 5.91 Å². The first-order valence-electron chi connectivity index (χ1n) is 12.3. The molecule has 0 radical (unpaired) electrons. The fraction of sp³-hybridized carbons (Fsp3) is 0.519. The van der Waals surface area contributed by atoms with Crippen molar-refractivity contribution in [1.82, 2.24) is 10.2 Å². The first kappa shape index (κ1) is 24.4. The topological polar surface area (TPSA) is 114 Å². The molecule has 192 valence electrons. The highest BCUT2D eigenvalue weighted by Crippen LogP contribution is 2.62. The first-order chi connectivity index (χ1) is 17.2. The fourth-order valence-corrected chi connectivity index (χ4v) is 6.50. The second kappa shape index (κ2) is 8.96. The van der Waals surface area contributed by atoms with Gasteiger partial charge in [0.15, 0.2) is 17.6 Å². The number of likely N-dealkylation sites (tertiary alicyclic amines) is 1. The number of carboxylic acid groups (broad SMARTS) is 1. The number of methoxy groups -OCH3 is 1. The van der Waals surface area contributed by atoms with Crippen LogP contribution >= 0.6 is 0 Å². The van der Waals surface area contributed by atoms with E-state index in [1.807, 2.05) is 12.1 Å². The summed E-state index contributed by atoms with van der Waals surface area (Å²) in [5, 5.41) is 11.7. The molecule has 9 heteroatoms. The monoisotopic (exact) mass is 496 g/mol. The Balaban J connectivity index is 1.38. The van der Waals surface area contributed by atoms with Crippen molar-refractivity contribution in [1.29, 1.82) is 0 Å². The molecule has 0 saturated carbocycles. The van der Waals surface area contributed by atoms with Gasteiger partial charge in [-0.25, -0.2) is 9.59 Å². The molecular formula is C27H32N2O7. The van der Waals surface area contributed by atoms with Gasteiger partial charge in [-0.05, 0) is 50.1 Å².